The number of hydrogen-bond acceptors (Lipinski definition) is 6. The molecule has 0 aliphatic carbocycles. The molecule has 0 aliphatic rings. The number of imidazole rings is 1. The normalized spacial score (nSPS) is 13.4. The lowest BCUT2D eigenvalue weighted by Gasteiger charge is -2.28. The van der Waals surface area contributed by atoms with E-state index in [0.29, 0.717) is 56.2 Å². The molecule has 10 rings (SSSR count). The minimum atomic E-state index is -4.74. The Labute approximate surface area is 469 Å². The molecule has 0 saturated heterocycles. The van der Waals surface area contributed by atoms with Crippen molar-refractivity contribution in [3.63, 3.8) is 0 Å². The van der Waals surface area contributed by atoms with E-state index < -0.39 is 28.0 Å². The highest BCUT2D eigenvalue weighted by Gasteiger charge is 2.41. The molecule has 0 amide bonds. The summed E-state index contributed by atoms with van der Waals surface area (Å²) >= 11 is 0. The number of phenols is 1. The van der Waals surface area contributed by atoms with E-state index in [2.05, 4.69) is 179 Å². The van der Waals surface area contributed by atoms with Crippen molar-refractivity contribution >= 4 is 33.0 Å². The summed E-state index contributed by atoms with van der Waals surface area (Å²) in [7, 11) is 0. The molecule has 7 nitrogen and oxygen atoms in total. The highest BCUT2D eigenvalue weighted by atomic mass is 19.4. The van der Waals surface area contributed by atoms with E-state index in [0.717, 1.165) is 56.2 Å². The Hall–Kier alpha value is -7.46. The van der Waals surface area contributed by atoms with Gasteiger partial charge < -0.3 is 13.9 Å². The van der Waals surface area contributed by atoms with Crippen molar-refractivity contribution in [3.8, 4) is 67.6 Å². The van der Waals surface area contributed by atoms with Crippen LogP contribution < -0.4 is 0 Å². The number of rotatable bonds is 6. The first-order valence-corrected chi connectivity index (χ1v) is 27.7. The van der Waals surface area contributed by atoms with Gasteiger partial charge in [-0.25, -0.2) is 9.97 Å². The number of aromatic nitrogens is 4. The Bertz CT molecular complexity index is 4050. The van der Waals surface area contributed by atoms with E-state index in [9.17, 15) is 5.11 Å². The number of aromatic hydroxyl groups is 1. The van der Waals surface area contributed by atoms with Gasteiger partial charge in [0, 0.05) is 50.1 Å². The Kier molecular flexibility index (Phi) is 13.1. The monoisotopic (exact) mass is 1080 g/mol. The summed E-state index contributed by atoms with van der Waals surface area (Å²) in [4.78, 5) is 15.5. The summed E-state index contributed by atoms with van der Waals surface area (Å²) in [6.45, 7) is 37.6. The second kappa shape index (κ2) is 18.8. The van der Waals surface area contributed by atoms with Crippen LogP contribution in [0.15, 0.2) is 130 Å². The van der Waals surface area contributed by atoms with Crippen molar-refractivity contribution in [2.24, 2.45) is 0 Å². The topological polar surface area (TPSA) is 90.1 Å². The number of furan rings is 1. The smallest absolute Gasteiger partial charge is 0.417 e. The Balaban J connectivity index is 1.28. The zero-order chi connectivity index (χ0) is 58.2. The number of nitrogens with zero attached hydrogens (tertiary/aromatic N) is 4. The van der Waals surface area contributed by atoms with Gasteiger partial charge in [0.2, 0.25) is 0 Å². The number of para-hydroxylation sites is 1. The Morgan fingerprint density at radius 1 is 0.463 bits per heavy atom. The van der Waals surface area contributed by atoms with Crippen molar-refractivity contribution in [1.29, 1.82) is 0 Å². The zero-order valence-electron chi connectivity index (χ0n) is 49.7. The van der Waals surface area contributed by atoms with Crippen LogP contribution in [0.3, 0.4) is 0 Å². The van der Waals surface area contributed by atoms with Crippen LogP contribution in [0.2, 0.25) is 0 Å². The average Bonchev–Trinajstić information content (AvgIpc) is 4.24. The molecule has 414 valence electrons. The molecule has 0 unspecified atom stereocenters. The van der Waals surface area contributed by atoms with Gasteiger partial charge in [0.25, 0.3) is 0 Å². The molecule has 10 heteroatoms. The minimum Gasteiger partial charge on any atom is -0.507 e. The van der Waals surface area contributed by atoms with E-state index >= 15 is 13.2 Å². The molecule has 0 saturated carbocycles. The van der Waals surface area contributed by atoms with Crippen LogP contribution in [0.25, 0.3) is 94.8 Å². The van der Waals surface area contributed by atoms with Crippen LogP contribution in [0.1, 0.15) is 164 Å². The SMILES string of the molecule is CC(C)(C)c1cc(-c2cccc3c2nc(-c2cc(C(C)(C)C)cc(C(C)(C)C)c2O)n3-c2ccc(C(C)(C)C)cc2-c2ccccc2)cc(-c2nccc3c2oc2c(-c4nc(C(C)(C)C)oc4C(C)(C)C)c(C(F)(F)F)ccc23)c1. The predicted molar refractivity (Wildman–Crippen MR) is 322 cm³/mol. The van der Waals surface area contributed by atoms with Gasteiger partial charge in [-0.3, -0.25) is 9.55 Å². The number of pyridine rings is 1. The minimum absolute atomic E-state index is 0.0529. The van der Waals surface area contributed by atoms with Gasteiger partial charge in [0.15, 0.2) is 11.5 Å². The number of alkyl halides is 3. The fraction of sp³-hybridized carbons (Fsp3) is 0.357. The summed E-state index contributed by atoms with van der Waals surface area (Å²) in [5.41, 5.74) is 9.08. The maximum Gasteiger partial charge on any atom is 0.417 e. The molecule has 1 N–H and O–H groups in total. The van der Waals surface area contributed by atoms with Crippen molar-refractivity contribution in [2.45, 2.75) is 163 Å². The predicted octanol–water partition coefficient (Wildman–Crippen LogP) is 20.2. The summed E-state index contributed by atoms with van der Waals surface area (Å²) in [5.74, 6) is 1.44. The molecular weight excluding hydrogens is 1000 g/mol. The average molecular weight is 1080 g/mol. The number of oxazole rings is 1. The maximum atomic E-state index is 15.4. The first kappa shape index (κ1) is 55.8. The van der Waals surface area contributed by atoms with Gasteiger partial charge in [-0.1, -0.05) is 185 Å². The number of hydrogen-bond donors (Lipinski definition) is 1. The van der Waals surface area contributed by atoms with Gasteiger partial charge >= 0.3 is 6.18 Å². The lowest BCUT2D eigenvalue weighted by Crippen LogP contribution is -2.17. The van der Waals surface area contributed by atoms with Crippen LogP contribution in [-0.2, 0) is 38.7 Å². The molecule has 0 aliphatic heterocycles. The molecule has 80 heavy (non-hydrogen) atoms. The van der Waals surface area contributed by atoms with E-state index in [1.807, 2.05) is 47.6 Å². The van der Waals surface area contributed by atoms with Gasteiger partial charge in [-0.2, -0.15) is 13.2 Å². The number of halogens is 3. The summed E-state index contributed by atoms with van der Waals surface area (Å²) in [5, 5.41) is 13.8. The second-order valence-electron chi connectivity index (χ2n) is 28.0. The van der Waals surface area contributed by atoms with Crippen molar-refractivity contribution in [3.05, 3.63) is 161 Å². The molecule has 0 fully saturated rings. The van der Waals surface area contributed by atoms with Crippen molar-refractivity contribution in [1.82, 2.24) is 19.5 Å². The van der Waals surface area contributed by atoms with E-state index in [-0.39, 0.29) is 38.8 Å². The third-order valence-corrected chi connectivity index (χ3v) is 15.3. The first-order chi connectivity index (χ1) is 37.0. The molecule has 0 spiro atoms. The molecule has 0 radical (unpaired) electrons. The number of benzene rings is 6. The molecule has 4 heterocycles. The standard InChI is InChI=1S/C70H75F3N4O3/c1-64(2,3)42-27-30-52(48(36-42)39-23-20-19-21-24-39)77-53-26-22-25-45(56(53)75-62(77)49-37-44(66(7,8)9)38-51(58(49)78)67(10,11)12)40-33-41(35-43(34-40)65(4,5)6)55-60-47(31-32-74-55)46-28-29-50(70(71,72)73)54(59(46)79-60)57-61(68(13,14)15)80-63(76-57)69(16,17)18/h19-38,78H,1-18H3. The quantitative estimate of drug-likeness (QED) is 0.178. The molecule has 0 bridgehead atoms. The van der Waals surface area contributed by atoms with Crippen LogP contribution >= 0.6 is 0 Å². The summed E-state index contributed by atoms with van der Waals surface area (Å²) < 4.78 is 61.7. The molecular formula is C70H75F3N4O3. The van der Waals surface area contributed by atoms with Crippen molar-refractivity contribution < 1.29 is 27.1 Å². The summed E-state index contributed by atoms with van der Waals surface area (Å²) in [6.07, 6.45) is -3.05. The van der Waals surface area contributed by atoms with Crippen LogP contribution in [0, 0.1) is 0 Å². The number of phenolic OH excluding ortho intramolecular Hbond substituents is 1. The maximum absolute atomic E-state index is 15.4. The fourth-order valence-corrected chi connectivity index (χ4v) is 10.7. The van der Waals surface area contributed by atoms with Gasteiger partial charge in [0.1, 0.15) is 34.3 Å². The largest absolute Gasteiger partial charge is 0.507 e. The van der Waals surface area contributed by atoms with Gasteiger partial charge in [0.05, 0.1) is 33.4 Å². The highest BCUT2D eigenvalue weighted by Crippen LogP contribution is 2.50. The van der Waals surface area contributed by atoms with Gasteiger partial charge in [-0.05, 0) is 104 Å². The Morgan fingerprint density at radius 2 is 1.09 bits per heavy atom. The zero-order valence-corrected chi connectivity index (χ0v) is 49.7. The lowest BCUT2D eigenvalue weighted by atomic mass is 9.79. The summed E-state index contributed by atoms with van der Waals surface area (Å²) in [6, 6.07) is 38.3. The van der Waals surface area contributed by atoms with Crippen LogP contribution in [0.4, 0.5) is 13.2 Å². The lowest BCUT2D eigenvalue weighted by molar-refractivity contribution is -0.137. The fourth-order valence-electron chi connectivity index (χ4n) is 10.7. The Morgan fingerprint density at radius 3 is 1.70 bits per heavy atom. The third-order valence-electron chi connectivity index (χ3n) is 15.3. The molecule has 10 aromatic rings. The molecule has 6 aromatic carbocycles. The van der Waals surface area contributed by atoms with Crippen molar-refractivity contribution in [2.75, 3.05) is 0 Å². The first-order valence-electron chi connectivity index (χ1n) is 27.7. The van der Waals surface area contributed by atoms with Crippen LogP contribution in [0.5, 0.6) is 5.75 Å². The van der Waals surface area contributed by atoms with Gasteiger partial charge in [-0.15, -0.1) is 0 Å². The highest BCUT2D eigenvalue weighted by molar-refractivity contribution is 6.13. The van der Waals surface area contributed by atoms with E-state index in [1.54, 1.807) is 12.3 Å². The number of fused-ring (bicyclic) bond motifs is 4. The molecule has 0 atom stereocenters. The molecule has 4 aromatic heterocycles. The van der Waals surface area contributed by atoms with Crippen LogP contribution in [-0.4, -0.2) is 24.6 Å². The third kappa shape index (κ3) is 10.0. The van der Waals surface area contributed by atoms with E-state index in [1.165, 1.54) is 11.6 Å². The second-order valence-corrected chi connectivity index (χ2v) is 28.0. The van der Waals surface area contributed by atoms with E-state index in [4.69, 9.17) is 23.8 Å².